The summed E-state index contributed by atoms with van der Waals surface area (Å²) in [6.07, 6.45) is 5.43. The zero-order valence-corrected chi connectivity index (χ0v) is 9.68. The van der Waals surface area contributed by atoms with Crippen molar-refractivity contribution < 1.29 is 4.79 Å². The van der Waals surface area contributed by atoms with Crippen LogP contribution in [0.2, 0.25) is 0 Å². The number of carbonyl (C=O) groups is 1. The number of primary amides is 1. The summed E-state index contributed by atoms with van der Waals surface area (Å²) in [5, 5.41) is 0. The molecule has 1 rings (SSSR count). The van der Waals surface area contributed by atoms with E-state index < -0.39 is 0 Å². The fourth-order valence-electron chi connectivity index (χ4n) is 2.60. The van der Waals surface area contributed by atoms with Crippen LogP contribution in [0.4, 0.5) is 0 Å². The summed E-state index contributed by atoms with van der Waals surface area (Å²) in [7, 11) is 0. The summed E-state index contributed by atoms with van der Waals surface area (Å²) in [5.74, 6) is 1.50. The molecule has 82 valence electrons. The van der Waals surface area contributed by atoms with Crippen molar-refractivity contribution in [3.8, 4) is 0 Å². The summed E-state index contributed by atoms with van der Waals surface area (Å²) >= 11 is 0. The summed E-state index contributed by atoms with van der Waals surface area (Å²) < 4.78 is 0. The van der Waals surface area contributed by atoms with Gasteiger partial charge in [-0.05, 0) is 42.9 Å². The Kier molecular flexibility index (Phi) is 3.57. The van der Waals surface area contributed by atoms with Crippen LogP contribution >= 0.6 is 0 Å². The molecule has 1 saturated carbocycles. The molecule has 14 heavy (non-hydrogen) atoms. The normalized spacial score (nSPS) is 33.3. The number of carbonyl (C=O) groups excluding carboxylic acids is 1. The predicted molar refractivity (Wildman–Crippen MR) is 58.7 cm³/mol. The topological polar surface area (TPSA) is 43.1 Å². The van der Waals surface area contributed by atoms with Crippen LogP contribution in [0.25, 0.3) is 0 Å². The Morgan fingerprint density at radius 2 is 1.93 bits per heavy atom. The van der Waals surface area contributed by atoms with Crippen molar-refractivity contribution in [3.63, 3.8) is 0 Å². The quantitative estimate of drug-likeness (QED) is 0.742. The highest BCUT2D eigenvalue weighted by molar-refractivity contribution is 5.74. The first-order chi connectivity index (χ1) is 6.43. The van der Waals surface area contributed by atoms with Gasteiger partial charge in [-0.25, -0.2) is 0 Å². The van der Waals surface area contributed by atoms with Gasteiger partial charge in [-0.15, -0.1) is 0 Å². The van der Waals surface area contributed by atoms with E-state index in [0.717, 1.165) is 11.8 Å². The fourth-order valence-corrected chi connectivity index (χ4v) is 2.60. The first-order valence-electron chi connectivity index (χ1n) is 5.71. The Morgan fingerprint density at radius 3 is 2.29 bits per heavy atom. The Balaban J connectivity index is 2.44. The minimum absolute atomic E-state index is 0.143. The SMILES string of the molecule is CC(C)C1CCC(C)(CC(N)=O)CC1. The molecule has 0 spiro atoms. The Bertz CT molecular complexity index is 202. The third kappa shape index (κ3) is 3.00. The molecule has 1 amide bonds. The second-order valence-corrected chi connectivity index (χ2v) is 5.54. The maximum Gasteiger partial charge on any atom is 0.217 e. The molecule has 0 heterocycles. The lowest BCUT2D eigenvalue weighted by Crippen LogP contribution is -2.31. The summed E-state index contributed by atoms with van der Waals surface area (Å²) in [6.45, 7) is 6.79. The van der Waals surface area contributed by atoms with Crippen molar-refractivity contribution in [2.24, 2.45) is 23.0 Å². The molecule has 1 aliphatic rings. The van der Waals surface area contributed by atoms with E-state index in [2.05, 4.69) is 20.8 Å². The molecule has 1 aliphatic carbocycles. The third-order valence-corrected chi connectivity index (χ3v) is 3.78. The smallest absolute Gasteiger partial charge is 0.217 e. The maximum atomic E-state index is 10.9. The number of amides is 1. The van der Waals surface area contributed by atoms with Crippen molar-refractivity contribution in [2.45, 2.75) is 52.9 Å². The maximum absolute atomic E-state index is 10.9. The molecule has 0 unspecified atom stereocenters. The second kappa shape index (κ2) is 4.33. The number of rotatable bonds is 3. The van der Waals surface area contributed by atoms with Gasteiger partial charge in [0.15, 0.2) is 0 Å². The zero-order chi connectivity index (χ0) is 10.8. The Morgan fingerprint density at radius 1 is 1.43 bits per heavy atom. The average Bonchev–Trinajstić information content (AvgIpc) is 2.02. The number of hydrogen-bond donors (Lipinski definition) is 1. The molecular weight excluding hydrogens is 174 g/mol. The van der Waals surface area contributed by atoms with E-state index in [9.17, 15) is 4.79 Å². The highest BCUT2D eigenvalue weighted by Crippen LogP contribution is 2.43. The minimum Gasteiger partial charge on any atom is -0.370 e. The van der Waals surface area contributed by atoms with E-state index in [4.69, 9.17) is 5.73 Å². The van der Waals surface area contributed by atoms with Gasteiger partial charge in [0.2, 0.25) is 5.91 Å². The first-order valence-corrected chi connectivity index (χ1v) is 5.71. The molecule has 2 nitrogen and oxygen atoms in total. The van der Waals surface area contributed by atoms with E-state index >= 15 is 0 Å². The first kappa shape index (κ1) is 11.5. The lowest BCUT2D eigenvalue weighted by atomic mass is 9.67. The zero-order valence-electron chi connectivity index (χ0n) is 9.68. The number of hydrogen-bond acceptors (Lipinski definition) is 1. The molecule has 0 aliphatic heterocycles. The molecular formula is C12H23NO. The van der Waals surface area contributed by atoms with Crippen molar-refractivity contribution in [1.82, 2.24) is 0 Å². The molecule has 2 N–H and O–H groups in total. The van der Waals surface area contributed by atoms with Crippen LogP contribution in [-0.4, -0.2) is 5.91 Å². The largest absolute Gasteiger partial charge is 0.370 e. The van der Waals surface area contributed by atoms with Crippen molar-refractivity contribution in [1.29, 1.82) is 0 Å². The van der Waals surface area contributed by atoms with Crippen LogP contribution in [0.3, 0.4) is 0 Å². The Hall–Kier alpha value is -0.530. The van der Waals surface area contributed by atoms with Crippen LogP contribution in [0.1, 0.15) is 52.9 Å². The molecule has 0 aromatic heterocycles. The van der Waals surface area contributed by atoms with E-state index in [1.807, 2.05) is 0 Å². The molecule has 0 bridgehead atoms. The summed E-state index contributed by atoms with van der Waals surface area (Å²) in [6, 6.07) is 0. The third-order valence-electron chi connectivity index (χ3n) is 3.78. The van der Waals surface area contributed by atoms with Gasteiger partial charge >= 0.3 is 0 Å². The average molecular weight is 197 g/mol. The Labute approximate surface area is 87.2 Å². The molecule has 0 radical (unpaired) electrons. The molecule has 2 heteroatoms. The van der Waals surface area contributed by atoms with Crippen LogP contribution in [-0.2, 0) is 4.79 Å². The van der Waals surface area contributed by atoms with E-state index in [-0.39, 0.29) is 11.3 Å². The van der Waals surface area contributed by atoms with E-state index in [1.54, 1.807) is 0 Å². The van der Waals surface area contributed by atoms with Crippen molar-refractivity contribution >= 4 is 5.91 Å². The highest BCUT2D eigenvalue weighted by Gasteiger charge is 2.33. The lowest BCUT2D eigenvalue weighted by Gasteiger charge is -2.38. The van der Waals surface area contributed by atoms with Crippen LogP contribution in [0.5, 0.6) is 0 Å². The monoisotopic (exact) mass is 197 g/mol. The van der Waals surface area contributed by atoms with Crippen LogP contribution in [0, 0.1) is 17.3 Å². The van der Waals surface area contributed by atoms with Gasteiger partial charge in [-0.3, -0.25) is 4.79 Å². The molecule has 1 fully saturated rings. The van der Waals surface area contributed by atoms with Gasteiger partial charge in [0.25, 0.3) is 0 Å². The van der Waals surface area contributed by atoms with Gasteiger partial charge in [0, 0.05) is 6.42 Å². The summed E-state index contributed by atoms with van der Waals surface area (Å²) in [5.41, 5.74) is 5.46. The fraction of sp³-hybridized carbons (Fsp3) is 0.917. The van der Waals surface area contributed by atoms with Crippen molar-refractivity contribution in [2.75, 3.05) is 0 Å². The standard InChI is InChI=1S/C12H23NO/c1-9(2)10-4-6-12(3,7-5-10)8-11(13)14/h9-10H,4-8H2,1-3H3,(H2,13,14). The van der Waals surface area contributed by atoms with Crippen LogP contribution in [0.15, 0.2) is 0 Å². The highest BCUT2D eigenvalue weighted by atomic mass is 16.1. The van der Waals surface area contributed by atoms with Gasteiger partial charge < -0.3 is 5.73 Å². The van der Waals surface area contributed by atoms with E-state index in [1.165, 1.54) is 25.7 Å². The minimum atomic E-state index is -0.143. The second-order valence-electron chi connectivity index (χ2n) is 5.54. The van der Waals surface area contributed by atoms with Gasteiger partial charge in [0.1, 0.15) is 0 Å². The van der Waals surface area contributed by atoms with E-state index in [0.29, 0.717) is 6.42 Å². The van der Waals surface area contributed by atoms with Gasteiger partial charge in [-0.1, -0.05) is 20.8 Å². The molecule has 0 aromatic rings. The van der Waals surface area contributed by atoms with Crippen molar-refractivity contribution in [3.05, 3.63) is 0 Å². The lowest BCUT2D eigenvalue weighted by molar-refractivity contribution is -0.120. The van der Waals surface area contributed by atoms with Crippen LogP contribution < -0.4 is 5.73 Å². The molecule has 0 atom stereocenters. The van der Waals surface area contributed by atoms with Gasteiger partial charge in [0.05, 0.1) is 0 Å². The number of nitrogens with two attached hydrogens (primary N) is 1. The summed E-state index contributed by atoms with van der Waals surface area (Å²) in [4.78, 5) is 10.9. The molecule has 0 aromatic carbocycles. The molecule has 0 saturated heterocycles. The van der Waals surface area contributed by atoms with Gasteiger partial charge in [-0.2, -0.15) is 0 Å². The predicted octanol–water partition coefficient (Wildman–Crippen LogP) is 2.71.